The molecule has 0 atom stereocenters. The molecule has 19 heavy (non-hydrogen) atoms. The van der Waals surface area contributed by atoms with Crippen LogP contribution >= 0.6 is 22.6 Å². The SMILES string of the molecule is O=c1oc2cc(OCCI)ccc2c2c1CCCC2. The Morgan fingerprint density at radius 2 is 2.00 bits per heavy atom. The van der Waals surface area contributed by atoms with Crippen molar-refractivity contribution in [1.82, 2.24) is 0 Å². The number of fused-ring (bicyclic) bond motifs is 3. The van der Waals surface area contributed by atoms with Gasteiger partial charge in [0.25, 0.3) is 0 Å². The first-order valence-corrected chi connectivity index (χ1v) is 8.09. The predicted octanol–water partition coefficient (Wildman–Crippen LogP) is 3.49. The molecule has 0 saturated heterocycles. The maximum absolute atomic E-state index is 12.0. The molecule has 1 aromatic heterocycles. The third-order valence-corrected chi connectivity index (χ3v) is 3.98. The summed E-state index contributed by atoms with van der Waals surface area (Å²) in [7, 11) is 0. The van der Waals surface area contributed by atoms with E-state index in [2.05, 4.69) is 22.6 Å². The fourth-order valence-electron chi connectivity index (χ4n) is 2.67. The van der Waals surface area contributed by atoms with Crippen LogP contribution in [-0.2, 0) is 12.8 Å². The van der Waals surface area contributed by atoms with Gasteiger partial charge in [0.05, 0.1) is 6.61 Å². The summed E-state index contributed by atoms with van der Waals surface area (Å²) >= 11 is 2.27. The molecular weight excluding hydrogens is 355 g/mol. The van der Waals surface area contributed by atoms with Gasteiger partial charge in [0.2, 0.25) is 0 Å². The Labute approximate surface area is 125 Å². The monoisotopic (exact) mass is 370 g/mol. The highest BCUT2D eigenvalue weighted by Crippen LogP contribution is 2.28. The van der Waals surface area contributed by atoms with Gasteiger partial charge in [0, 0.05) is 21.4 Å². The van der Waals surface area contributed by atoms with Crippen molar-refractivity contribution in [3.05, 3.63) is 39.7 Å². The fraction of sp³-hybridized carbons (Fsp3) is 0.400. The first-order valence-electron chi connectivity index (χ1n) is 6.57. The average Bonchev–Trinajstić information content (AvgIpc) is 2.45. The molecule has 3 rings (SSSR count). The van der Waals surface area contributed by atoms with Gasteiger partial charge in [-0.15, -0.1) is 0 Å². The van der Waals surface area contributed by atoms with E-state index in [1.165, 1.54) is 5.56 Å². The number of hydrogen-bond donors (Lipinski definition) is 0. The maximum atomic E-state index is 12.0. The fourth-order valence-corrected chi connectivity index (χ4v) is 2.89. The minimum atomic E-state index is -0.173. The zero-order valence-corrected chi connectivity index (χ0v) is 12.7. The van der Waals surface area contributed by atoms with Gasteiger partial charge < -0.3 is 9.15 Å². The number of aryl methyl sites for hydroxylation is 1. The molecule has 1 aliphatic rings. The van der Waals surface area contributed by atoms with Crippen LogP contribution in [0.25, 0.3) is 11.0 Å². The molecule has 0 unspecified atom stereocenters. The van der Waals surface area contributed by atoms with Crippen molar-refractivity contribution >= 4 is 33.6 Å². The Balaban J connectivity index is 2.12. The topological polar surface area (TPSA) is 39.4 Å². The number of rotatable bonds is 3. The third kappa shape index (κ3) is 2.50. The van der Waals surface area contributed by atoms with E-state index < -0.39 is 0 Å². The largest absolute Gasteiger partial charge is 0.493 e. The van der Waals surface area contributed by atoms with Crippen LogP contribution in [0, 0.1) is 0 Å². The lowest BCUT2D eigenvalue weighted by atomic mass is 9.91. The van der Waals surface area contributed by atoms with E-state index in [-0.39, 0.29) is 5.63 Å². The van der Waals surface area contributed by atoms with Gasteiger partial charge in [-0.1, -0.05) is 22.6 Å². The van der Waals surface area contributed by atoms with Gasteiger partial charge in [-0.25, -0.2) is 4.79 Å². The van der Waals surface area contributed by atoms with Crippen LogP contribution in [0.3, 0.4) is 0 Å². The van der Waals surface area contributed by atoms with Crippen molar-refractivity contribution in [1.29, 1.82) is 0 Å². The molecule has 0 saturated carbocycles. The molecule has 2 aromatic rings. The van der Waals surface area contributed by atoms with Crippen LogP contribution in [0.5, 0.6) is 5.75 Å². The maximum Gasteiger partial charge on any atom is 0.339 e. The van der Waals surface area contributed by atoms with Gasteiger partial charge in [-0.3, -0.25) is 0 Å². The normalized spacial score (nSPS) is 14.4. The Hall–Kier alpha value is -1.04. The first-order chi connectivity index (χ1) is 9.29. The highest BCUT2D eigenvalue weighted by atomic mass is 127. The number of alkyl halides is 1. The van der Waals surface area contributed by atoms with Gasteiger partial charge in [0.15, 0.2) is 0 Å². The number of benzene rings is 1. The van der Waals surface area contributed by atoms with Crippen LogP contribution in [0.2, 0.25) is 0 Å². The third-order valence-electron chi connectivity index (χ3n) is 3.54. The predicted molar refractivity (Wildman–Crippen MR) is 83.5 cm³/mol. The van der Waals surface area contributed by atoms with Crippen LogP contribution in [-0.4, -0.2) is 11.0 Å². The molecule has 0 spiro atoms. The van der Waals surface area contributed by atoms with Crippen molar-refractivity contribution < 1.29 is 9.15 Å². The molecule has 0 N–H and O–H groups in total. The van der Waals surface area contributed by atoms with Crippen LogP contribution < -0.4 is 10.4 Å². The molecule has 0 bridgehead atoms. The summed E-state index contributed by atoms with van der Waals surface area (Å²) in [5, 5.41) is 1.07. The summed E-state index contributed by atoms with van der Waals surface area (Å²) in [5.41, 5.74) is 2.53. The highest BCUT2D eigenvalue weighted by molar-refractivity contribution is 14.1. The first kappa shape index (κ1) is 13.0. The summed E-state index contributed by atoms with van der Waals surface area (Å²) in [6, 6.07) is 5.81. The van der Waals surface area contributed by atoms with Crippen LogP contribution in [0.1, 0.15) is 24.0 Å². The molecule has 1 aliphatic carbocycles. The molecular formula is C15H15IO3. The summed E-state index contributed by atoms with van der Waals surface area (Å²) in [6.45, 7) is 0.668. The van der Waals surface area contributed by atoms with Crippen molar-refractivity contribution in [3.63, 3.8) is 0 Å². The van der Waals surface area contributed by atoms with E-state index >= 15 is 0 Å². The molecule has 0 amide bonds. The lowest BCUT2D eigenvalue weighted by molar-refractivity contribution is 0.346. The summed E-state index contributed by atoms with van der Waals surface area (Å²) in [6.07, 6.45) is 4.06. The molecule has 4 heteroatoms. The van der Waals surface area contributed by atoms with Crippen molar-refractivity contribution in [2.45, 2.75) is 25.7 Å². The standard InChI is InChI=1S/C15H15IO3/c16-7-8-18-10-5-6-12-11-3-1-2-4-13(11)15(17)19-14(12)9-10/h5-6,9H,1-4,7-8H2. The van der Waals surface area contributed by atoms with Crippen molar-refractivity contribution in [3.8, 4) is 5.75 Å². The molecule has 1 heterocycles. The van der Waals surface area contributed by atoms with E-state index in [1.54, 1.807) is 0 Å². The van der Waals surface area contributed by atoms with Crippen LogP contribution in [0.4, 0.5) is 0 Å². The molecule has 0 fully saturated rings. The van der Waals surface area contributed by atoms with Crippen molar-refractivity contribution in [2.75, 3.05) is 11.0 Å². The smallest absolute Gasteiger partial charge is 0.339 e. The van der Waals surface area contributed by atoms with Gasteiger partial charge in [0.1, 0.15) is 11.3 Å². The summed E-state index contributed by atoms with van der Waals surface area (Å²) < 4.78 is 12.0. The average molecular weight is 370 g/mol. The number of hydrogen-bond acceptors (Lipinski definition) is 3. The zero-order chi connectivity index (χ0) is 13.2. The molecule has 1 aromatic carbocycles. The minimum Gasteiger partial charge on any atom is -0.493 e. The van der Waals surface area contributed by atoms with E-state index in [1.807, 2.05) is 18.2 Å². The number of ether oxygens (including phenoxy) is 1. The highest BCUT2D eigenvalue weighted by Gasteiger charge is 2.18. The van der Waals surface area contributed by atoms with E-state index in [0.717, 1.165) is 46.8 Å². The molecule has 0 aliphatic heterocycles. The lowest BCUT2D eigenvalue weighted by Gasteiger charge is -2.16. The second-order valence-corrected chi connectivity index (χ2v) is 5.83. The minimum absolute atomic E-state index is 0.173. The molecule has 100 valence electrons. The summed E-state index contributed by atoms with van der Waals surface area (Å²) in [4.78, 5) is 12.0. The Kier molecular flexibility index (Phi) is 3.77. The van der Waals surface area contributed by atoms with Crippen molar-refractivity contribution in [2.24, 2.45) is 0 Å². The summed E-state index contributed by atoms with van der Waals surface area (Å²) in [5.74, 6) is 0.767. The Morgan fingerprint density at radius 3 is 2.79 bits per heavy atom. The second kappa shape index (κ2) is 5.53. The van der Waals surface area contributed by atoms with Gasteiger partial charge in [-0.2, -0.15) is 0 Å². The van der Waals surface area contributed by atoms with E-state index in [9.17, 15) is 4.79 Å². The van der Waals surface area contributed by atoms with E-state index in [0.29, 0.717) is 12.2 Å². The zero-order valence-electron chi connectivity index (χ0n) is 10.6. The van der Waals surface area contributed by atoms with Gasteiger partial charge in [-0.05, 0) is 43.4 Å². The number of halogens is 1. The second-order valence-electron chi connectivity index (χ2n) is 4.75. The van der Waals surface area contributed by atoms with Crippen LogP contribution in [0.15, 0.2) is 27.4 Å². The lowest BCUT2D eigenvalue weighted by Crippen LogP contribution is -2.15. The van der Waals surface area contributed by atoms with Gasteiger partial charge >= 0.3 is 5.63 Å². The quantitative estimate of drug-likeness (QED) is 0.472. The molecule has 0 radical (unpaired) electrons. The Bertz CT molecular complexity index is 660. The Morgan fingerprint density at radius 1 is 1.21 bits per heavy atom. The molecule has 3 nitrogen and oxygen atoms in total. The van der Waals surface area contributed by atoms with E-state index in [4.69, 9.17) is 9.15 Å².